The number of nitrogens with two attached hydrogens (primary N) is 1. The van der Waals surface area contributed by atoms with Gasteiger partial charge in [0.2, 0.25) is 5.91 Å². The maximum absolute atomic E-state index is 12.8. The van der Waals surface area contributed by atoms with Crippen molar-refractivity contribution in [1.82, 2.24) is 15.1 Å². The summed E-state index contributed by atoms with van der Waals surface area (Å²) in [6.45, 7) is 3.73. The number of aromatic nitrogens is 2. The number of hydrogen-bond donors (Lipinski definition) is 2. The molecule has 2 aliphatic rings. The number of likely N-dealkylation sites (tertiary alicyclic amines) is 1. The van der Waals surface area contributed by atoms with Gasteiger partial charge in [-0.25, -0.2) is 0 Å². The minimum absolute atomic E-state index is 0. The summed E-state index contributed by atoms with van der Waals surface area (Å²) in [5.41, 5.74) is 7.25. The van der Waals surface area contributed by atoms with Crippen LogP contribution in [0.4, 0.5) is 0 Å². The highest BCUT2D eigenvalue weighted by atomic mass is 35.5. The lowest BCUT2D eigenvalue weighted by atomic mass is 9.73. The van der Waals surface area contributed by atoms with Crippen molar-refractivity contribution in [2.75, 3.05) is 13.1 Å². The normalized spacial score (nSPS) is 28.6. The van der Waals surface area contributed by atoms with E-state index in [1.165, 1.54) is 5.69 Å². The number of carbonyl (C=O) groups excluding carboxylic acids is 1. The van der Waals surface area contributed by atoms with E-state index in [-0.39, 0.29) is 42.2 Å². The third kappa shape index (κ3) is 4.40. The Balaban J connectivity index is 0.00000132. The molecule has 1 aromatic heterocycles. The molecule has 3 N–H and O–H groups in total. The van der Waals surface area contributed by atoms with E-state index in [9.17, 15) is 4.79 Å². The fourth-order valence-electron chi connectivity index (χ4n) is 3.89. The summed E-state index contributed by atoms with van der Waals surface area (Å²) in [6.07, 6.45) is 8.03. The second-order valence-electron chi connectivity index (χ2n) is 6.92. The third-order valence-corrected chi connectivity index (χ3v) is 5.32. The Morgan fingerprint density at radius 3 is 2.57 bits per heavy atom. The molecular weight excluding hydrogens is 335 g/mol. The van der Waals surface area contributed by atoms with Crippen LogP contribution >= 0.6 is 24.8 Å². The summed E-state index contributed by atoms with van der Waals surface area (Å²) >= 11 is 0. The van der Waals surface area contributed by atoms with Crippen molar-refractivity contribution in [3.8, 4) is 0 Å². The first-order valence-electron chi connectivity index (χ1n) is 8.15. The first kappa shape index (κ1) is 20.3. The zero-order valence-corrected chi connectivity index (χ0v) is 15.3. The minimum Gasteiger partial charge on any atom is -0.342 e. The number of H-pyrrole nitrogens is 1. The van der Waals surface area contributed by atoms with Gasteiger partial charge in [0.1, 0.15) is 0 Å². The maximum atomic E-state index is 12.8. The predicted molar refractivity (Wildman–Crippen MR) is 96.2 cm³/mol. The molecule has 132 valence electrons. The van der Waals surface area contributed by atoms with Crippen LogP contribution in [0.15, 0.2) is 12.3 Å². The number of hydrogen-bond acceptors (Lipinski definition) is 3. The maximum Gasteiger partial charge on any atom is 0.227 e. The quantitative estimate of drug-likeness (QED) is 0.848. The van der Waals surface area contributed by atoms with Crippen molar-refractivity contribution in [3.05, 3.63) is 18.0 Å². The van der Waals surface area contributed by atoms with Gasteiger partial charge in [0.05, 0.1) is 5.92 Å². The Kier molecular flexibility index (Phi) is 7.36. The van der Waals surface area contributed by atoms with E-state index in [1.807, 2.05) is 17.9 Å². The molecule has 0 spiro atoms. The Labute approximate surface area is 150 Å². The molecular formula is C16H28Cl2N4O. The fraction of sp³-hybridized carbons (Fsp3) is 0.750. The number of piperidine rings is 1. The van der Waals surface area contributed by atoms with Crippen molar-refractivity contribution in [3.63, 3.8) is 0 Å². The van der Waals surface area contributed by atoms with Gasteiger partial charge in [-0.3, -0.25) is 9.89 Å². The third-order valence-electron chi connectivity index (χ3n) is 5.32. The van der Waals surface area contributed by atoms with Gasteiger partial charge in [-0.2, -0.15) is 5.10 Å². The van der Waals surface area contributed by atoms with Crippen LogP contribution in [-0.2, 0) is 4.79 Å². The van der Waals surface area contributed by atoms with Crippen LogP contribution in [0.2, 0.25) is 0 Å². The highest BCUT2D eigenvalue weighted by Gasteiger charge is 2.40. The van der Waals surface area contributed by atoms with Crippen molar-refractivity contribution < 1.29 is 4.79 Å². The molecule has 1 saturated carbocycles. The number of amides is 1. The highest BCUT2D eigenvalue weighted by Crippen LogP contribution is 2.34. The number of nitrogens with zero attached hydrogens (tertiary/aromatic N) is 2. The first-order chi connectivity index (χ1) is 10.1. The summed E-state index contributed by atoms with van der Waals surface area (Å²) < 4.78 is 0. The molecule has 1 amide bonds. The van der Waals surface area contributed by atoms with E-state index in [0.717, 1.165) is 51.6 Å². The Bertz CT molecular complexity index is 484. The summed E-state index contributed by atoms with van der Waals surface area (Å²) in [7, 11) is 0. The average molecular weight is 363 g/mol. The van der Waals surface area contributed by atoms with E-state index >= 15 is 0 Å². The monoisotopic (exact) mass is 362 g/mol. The van der Waals surface area contributed by atoms with E-state index < -0.39 is 0 Å². The Morgan fingerprint density at radius 1 is 1.30 bits per heavy atom. The van der Waals surface area contributed by atoms with Gasteiger partial charge in [-0.05, 0) is 38.7 Å². The van der Waals surface area contributed by atoms with Crippen molar-refractivity contribution in [1.29, 1.82) is 0 Å². The Morgan fingerprint density at radius 2 is 2.00 bits per heavy atom. The van der Waals surface area contributed by atoms with Gasteiger partial charge in [-0.1, -0.05) is 12.8 Å². The topological polar surface area (TPSA) is 75.0 Å². The lowest BCUT2D eigenvalue weighted by molar-refractivity contribution is -0.140. The largest absolute Gasteiger partial charge is 0.342 e. The van der Waals surface area contributed by atoms with Crippen LogP contribution in [0.3, 0.4) is 0 Å². The van der Waals surface area contributed by atoms with Gasteiger partial charge in [-0.15, -0.1) is 24.8 Å². The van der Waals surface area contributed by atoms with Crippen LogP contribution in [0.1, 0.15) is 57.1 Å². The molecule has 2 fully saturated rings. The summed E-state index contributed by atoms with van der Waals surface area (Å²) in [4.78, 5) is 14.8. The molecule has 0 bridgehead atoms. The summed E-state index contributed by atoms with van der Waals surface area (Å²) in [5.74, 6) is 0.796. The number of rotatable bonds is 2. The number of halogens is 2. The molecule has 1 saturated heterocycles. The lowest BCUT2D eigenvalue weighted by Crippen LogP contribution is -2.54. The zero-order valence-electron chi connectivity index (χ0n) is 13.7. The molecule has 0 aromatic carbocycles. The van der Waals surface area contributed by atoms with Gasteiger partial charge >= 0.3 is 0 Å². The number of nitrogens with one attached hydrogen (secondary N) is 1. The zero-order chi connectivity index (χ0) is 14.9. The van der Waals surface area contributed by atoms with E-state index in [1.54, 1.807) is 6.20 Å². The van der Waals surface area contributed by atoms with Crippen LogP contribution in [0.25, 0.3) is 0 Å². The lowest BCUT2D eigenvalue weighted by Gasteiger charge is -2.41. The average Bonchev–Trinajstić information content (AvgIpc) is 3.00. The van der Waals surface area contributed by atoms with Gasteiger partial charge in [0.25, 0.3) is 0 Å². The molecule has 2 heterocycles. The molecule has 1 aromatic rings. The first-order valence-corrected chi connectivity index (χ1v) is 8.15. The molecule has 23 heavy (non-hydrogen) atoms. The van der Waals surface area contributed by atoms with Gasteiger partial charge in [0, 0.05) is 36.4 Å². The standard InChI is InChI=1S/C16H26N4O.2ClH/c1-16(17)8-3-2-4-13(16)15(21)20-10-6-12(7-11-20)14-5-9-18-19-14;;/h5,9,12-13H,2-4,6-8,10-11,17H2,1H3,(H,18,19);2*1H. The van der Waals surface area contributed by atoms with E-state index in [0.29, 0.717) is 5.92 Å². The second kappa shape index (κ2) is 8.36. The second-order valence-corrected chi connectivity index (χ2v) is 6.92. The van der Waals surface area contributed by atoms with Crippen molar-refractivity contribution in [2.24, 2.45) is 11.7 Å². The minimum atomic E-state index is -0.324. The van der Waals surface area contributed by atoms with Crippen molar-refractivity contribution >= 4 is 30.7 Å². The SMILES string of the molecule is CC1(N)CCCCC1C(=O)N1CCC(c2ccn[nH]2)CC1.Cl.Cl. The van der Waals surface area contributed by atoms with Crippen LogP contribution in [0.5, 0.6) is 0 Å². The van der Waals surface area contributed by atoms with Crippen LogP contribution < -0.4 is 5.73 Å². The van der Waals surface area contributed by atoms with Gasteiger partial charge < -0.3 is 10.6 Å². The van der Waals surface area contributed by atoms with Crippen LogP contribution in [0, 0.1) is 5.92 Å². The van der Waals surface area contributed by atoms with E-state index in [2.05, 4.69) is 10.2 Å². The Hall–Kier alpha value is -0.780. The molecule has 2 atom stereocenters. The molecule has 5 nitrogen and oxygen atoms in total. The van der Waals surface area contributed by atoms with E-state index in [4.69, 9.17) is 5.73 Å². The smallest absolute Gasteiger partial charge is 0.227 e. The molecule has 7 heteroatoms. The molecule has 3 rings (SSSR count). The molecule has 2 unspecified atom stereocenters. The number of aromatic amines is 1. The molecule has 1 aliphatic carbocycles. The van der Waals surface area contributed by atoms with Crippen LogP contribution in [-0.4, -0.2) is 39.6 Å². The molecule has 0 radical (unpaired) electrons. The van der Waals surface area contributed by atoms with Gasteiger partial charge in [0.15, 0.2) is 0 Å². The molecule has 1 aliphatic heterocycles. The number of carbonyl (C=O) groups is 1. The fourth-order valence-corrected chi connectivity index (χ4v) is 3.89. The van der Waals surface area contributed by atoms with Crippen molar-refractivity contribution in [2.45, 2.75) is 56.9 Å². The summed E-state index contributed by atoms with van der Waals surface area (Å²) in [6, 6.07) is 2.04. The summed E-state index contributed by atoms with van der Waals surface area (Å²) in [5, 5.41) is 7.08. The predicted octanol–water partition coefficient (Wildman–Crippen LogP) is 2.87. The highest BCUT2D eigenvalue weighted by molar-refractivity contribution is 5.85.